The summed E-state index contributed by atoms with van der Waals surface area (Å²) in [6.07, 6.45) is -0.609. The Labute approximate surface area is 125 Å². The van der Waals surface area contributed by atoms with E-state index in [1.54, 1.807) is 13.8 Å². The van der Waals surface area contributed by atoms with E-state index in [9.17, 15) is 10.2 Å². The van der Waals surface area contributed by atoms with Crippen molar-refractivity contribution < 1.29 is 14.9 Å². The predicted molar refractivity (Wildman–Crippen MR) is 83.3 cm³/mol. The van der Waals surface area contributed by atoms with Crippen molar-refractivity contribution in [1.29, 1.82) is 0 Å². The number of ether oxygens (including phenoxy) is 1. The third kappa shape index (κ3) is 3.84. The minimum absolute atomic E-state index is 0.125. The molecule has 0 saturated carbocycles. The summed E-state index contributed by atoms with van der Waals surface area (Å²) in [6, 6.07) is 15.1. The molecule has 2 aromatic rings. The maximum Gasteiger partial charge on any atom is 0.125 e. The van der Waals surface area contributed by atoms with Crippen molar-refractivity contribution in [2.75, 3.05) is 6.61 Å². The van der Waals surface area contributed by atoms with E-state index in [0.717, 1.165) is 16.7 Å². The summed E-state index contributed by atoms with van der Waals surface area (Å²) in [7, 11) is 0. The van der Waals surface area contributed by atoms with E-state index in [1.807, 2.05) is 55.5 Å². The second kappa shape index (κ2) is 6.29. The van der Waals surface area contributed by atoms with Gasteiger partial charge in [0.05, 0.1) is 6.10 Å². The molecule has 2 atom stereocenters. The van der Waals surface area contributed by atoms with Crippen molar-refractivity contribution in [2.45, 2.75) is 32.5 Å². The highest BCUT2D eigenvalue weighted by atomic mass is 16.5. The van der Waals surface area contributed by atoms with Crippen LogP contribution < -0.4 is 4.74 Å². The van der Waals surface area contributed by atoms with Crippen LogP contribution >= 0.6 is 0 Å². The van der Waals surface area contributed by atoms with Gasteiger partial charge in [0.25, 0.3) is 0 Å². The van der Waals surface area contributed by atoms with E-state index >= 15 is 0 Å². The van der Waals surface area contributed by atoms with Crippen LogP contribution in [0.5, 0.6) is 5.75 Å². The SMILES string of the molecule is Cc1ccc([C@@H](C)O)c(OCC(C)(O)c2ccccc2)c1. The highest BCUT2D eigenvalue weighted by Crippen LogP contribution is 2.28. The Morgan fingerprint density at radius 1 is 1.14 bits per heavy atom. The summed E-state index contributed by atoms with van der Waals surface area (Å²) >= 11 is 0. The van der Waals surface area contributed by atoms with Crippen molar-refractivity contribution in [3.05, 3.63) is 65.2 Å². The van der Waals surface area contributed by atoms with E-state index in [-0.39, 0.29) is 6.61 Å². The van der Waals surface area contributed by atoms with Crippen LogP contribution in [0, 0.1) is 6.92 Å². The molecule has 2 N–H and O–H groups in total. The second-order valence-electron chi connectivity index (χ2n) is 5.65. The topological polar surface area (TPSA) is 49.7 Å². The Hall–Kier alpha value is -1.84. The lowest BCUT2D eigenvalue weighted by molar-refractivity contribution is 0.00655. The lowest BCUT2D eigenvalue weighted by Crippen LogP contribution is -2.29. The van der Waals surface area contributed by atoms with Crippen molar-refractivity contribution in [2.24, 2.45) is 0 Å². The molecule has 1 unspecified atom stereocenters. The van der Waals surface area contributed by atoms with Gasteiger partial charge < -0.3 is 14.9 Å². The molecule has 3 nitrogen and oxygen atoms in total. The molecule has 0 saturated heterocycles. The predicted octanol–water partition coefficient (Wildman–Crippen LogP) is 3.33. The number of aryl methyl sites for hydroxylation is 1. The number of aliphatic hydroxyl groups is 2. The van der Waals surface area contributed by atoms with E-state index in [4.69, 9.17) is 4.74 Å². The molecule has 0 amide bonds. The van der Waals surface area contributed by atoms with Crippen LogP contribution in [0.25, 0.3) is 0 Å². The summed E-state index contributed by atoms with van der Waals surface area (Å²) < 4.78 is 5.79. The van der Waals surface area contributed by atoms with E-state index in [0.29, 0.717) is 5.75 Å². The first kappa shape index (κ1) is 15.5. The zero-order valence-corrected chi connectivity index (χ0v) is 12.7. The third-order valence-corrected chi connectivity index (χ3v) is 3.52. The molecule has 2 rings (SSSR count). The number of aliphatic hydroxyl groups excluding tert-OH is 1. The molecule has 0 aliphatic rings. The summed E-state index contributed by atoms with van der Waals surface area (Å²) in [6.45, 7) is 5.52. The first-order valence-corrected chi connectivity index (χ1v) is 7.09. The molecule has 21 heavy (non-hydrogen) atoms. The van der Waals surface area contributed by atoms with Crippen molar-refractivity contribution in [3.8, 4) is 5.75 Å². The zero-order chi connectivity index (χ0) is 15.5. The van der Waals surface area contributed by atoms with Gasteiger partial charge in [-0.3, -0.25) is 0 Å². The first-order chi connectivity index (χ1) is 9.90. The number of hydrogen-bond donors (Lipinski definition) is 2. The lowest BCUT2D eigenvalue weighted by Gasteiger charge is -2.25. The molecule has 0 radical (unpaired) electrons. The molecule has 0 aliphatic carbocycles. The standard InChI is InChI=1S/C18H22O3/c1-13-9-10-16(14(2)19)17(11-13)21-12-18(3,20)15-7-5-4-6-8-15/h4-11,14,19-20H,12H2,1-3H3/t14-,18?/m1/s1. The van der Waals surface area contributed by atoms with Gasteiger partial charge in [-0.25, -0.2) is 0 Å². The number of rotatable bonds is 5. The molecule has 3 heteroatoms. The molecule has 0 aromatic heterocycles. The summed E-state index contributed by atoms with van der Waals surface area (Å²) in [5, 5.41) is 20.4. The Bertz CT molecular complexity index is 589. The van der Waals surface area contributed by atoms with Gasteiger partial charge in [0.1, 0.15) is 18.0 Å². The minimum atomic E-state index is -1.08. The van der Waals surface area contributed by atoms with Gasteiger partial charge in [-0.15, -0.1) is 0 Å². The Morgan fingerprint density at radius 2 is 1.81 bits per heavy atom. The van der Waals surface area contributed by atoms with Crippen LogP contribution in [0.4, 0.5) is 0 Å². The van der Waals surface area contributed by atoms with Gasteiger partial charge in [-0.05, 0) is 38.0 Å². The van der Waals surface area contributed by atoms with E-state index in [2.05, 4.69) is 0 Å². The van der Waals surface area contributed by atoms with Gasteiger partial charge in [0.15, 0.2) is 0 Å². The Balaban J connectivity index is 2.18. The molecule has 0 bridgehead atoms. The fraction of sp³-hybridized carbons (Fsp3) is 0.333. The lowest BCUT2D eigenvalue weighted by atomic mass is 9.97. The largest absolute Gasteiger partial charge is 0.490 e. The van der Waals surface area contributed by atoms with Crippen molar-refractivity contribution in [3.63, 3.8) is 0 Å². The van der Waals surface area contributed by atoms with Gasteiger partial charge in [0, 0.05) is 5.56 Å². The second-order valence-corrected chi connectivity index (χ2v) is 5.65. The highest BCUT2D eigenvalue weighted by molar-refractivity contribution is 5.38. The molecule has 0 fully saturated rings. The summed E-state index contributed by atoms with van der Waals surface area (Å²) in [5.41, 5.74) is 1.50. The molecule has 2 aromatic carbocycles. The van der Waals surface area contributed by atoms with Crippen LogP contribution in [-0.4, -0.2) is 16.8 Å². The molecular weight excluding hydrogens is 264 g/mol. The average Bonchev–Trinajstić information content (AvgIpc) is 2.46. The van der Waals surface area contributed by atoms with Gasteiger partial charge in [-0.1, -0.05) is 42.5 Å². The molecule has 0 spiro atoms. The smallest absolute Gasteiger partial charge is 0.125 e. The molecule has 112 valence electrons. The van der Waals surface area contributed by atoms with Crippen molar-refractivity contribution in [1.82, 2.24) is 0 Å². The summed E-state index contributed by atoms with van der Waals surface area (Å²) in [5.74, 6) is 0.612. The normalized spacial score (nSPS) is 15.3. The fourth-order valence-corrected chi connectivity index (χ4v) is 2.21. The summed E-state index contributed by atoms with van der Waals surface area (Å²) in [4.78, 5) is 0. The zero-order valence-electron chi connectivity index (χ0n) is 12.7. The van der Waals surface area contributed by atoms with Gasteiger partial charge in [-0.2, -0.15) is 0 Å². The van der Waals surface area contributed by atoms with Gasteiger partial charge >= 0.3 is 0 Å². The number of hydrogen-bond acceptors (Lipinski definition) is 3. The maximum absolute atomic E-state index is 10.6. The fourth-order valence-electron chi connectivity index (χ4n) is 2.21. The van der Waals surface area contributed by atoms with Gasteiger partial charge in [0.2, 0.25) is 0 Å². The highest BCUT2D eigenvalue weighted by Gasteiger charge is 2.24. The van der Waals surface area contributed by atoms with Crippen molar-refractivity contribution >= 4 is 0 Å². The molecule has 0 aliphatic heterocycles. The minimum Gasteiger partial charge on any atom is -0.490 e. The van der Waals surface area contributed by atoms with Crippen LogP contribution in [0.2, 0.25) is 0 Å². The monoisotopic (exact) mass is 286 g/mol. The maximum atomic E-state index is 10.6. The van der Waals surface area contributed by atoms with Crippen LogP contribution in [0.15, 0.2) is 48.5 Å². The van der Waals surface area contributed by atoms with Crippen LogP contribution in [-0.2, 0) is 5.60 Å². The molecule has 0 heterocycles. The third-order valence-electron chi connectivity index (χ3n) is 3.52. The van der Waals surface area contributed by atoms with E-state index in [1.165, 1.54) is 0 Å². The Kier molecular flexibility index (Phi) is 4.66. The number of benzene rings is 2. The average molecular weight is 286 g/mol. The van der Waals surface area contributed by atoms with Crippen LogP contribution in [0.1, 0.15) is 36.6 Å². The van der Waals surface area contributed by atoms with E-state index < -0.39 is 11.7 Å². The Morgan fingerprint density at radius 3 is 2.43 bits per heavy atom. The quantitative estimate of drug-likeness (QED) is 0.886. The molecular formula is C18H22O3. The first-order valence-electron chi connectivity index (χ1n) is 7.09. The van der Waals surface area contributed by atoms with Crippen LogP contribution in [0.3, 0.4) is 0 Å².